The SMILES string of the molecule is COc1ccc(CNC(=O)CN2C(=O)Cc3c([nH]c4ccc(Br)cc34)-c3ccc(Cl)cc32)cc1. The lowest BCUT2D eigenvalue weighted by Crippen LogP contribution is -2.41. The lowest BCUT2D eigenvalue weighted by atomic mass is 10.0. The highest BCUT2D eigenvalue weighted by Gasteiger charge is 2.30. The van der Waals surface area contributed by atoms with Crippen molar-refractivity contribution in [2.75, 3.05) is 18.6 Å². The number of benzene rings is 3. The molecule has 0 spiro atoms. The van der Waals surface area contributed by atoms with Crippen LogP contribution in [-0.2, 0) is 22.6 Å². The van der Waals surface area contributed by atoms with Crippen LogP contribution < -0.4 is 15.0 Å². The first kappa shape index (κ1) is 22.5. The van der Waals surface area contributed by atoms with Crippen molar-refractivity contribution in [2.45, 2.75) is 13.0 Å². The number of fused-ring (bicyclic) bond motifs is 5. The number of ether oxygens (including phenoxy) is 1. The van der Waals surface area contributed by atoms with Gasteiger partial charge in [-0.1, -0.05) is 39.7 Å². The van der Waals surface area contributed by atoms with E-state index in [4.69, 9.17) is 16.3 Å². The van der Waals surface area contributed by atoms with Crippen molar-refractivity contribution in [1.29, 1.82) is 0 Å². The normalized spacial score (nSPS) is 12.8. The summed E-state index contributed by atoms with van der Waals surface area (Å²) < 4.78 is 6.10. The summed E-state index contributed by atoms with van der Waals surface area (Å²) in [5.74, 6) is 0.331. The molecule has 0 radical (unpaired) electrons. The summed E-state index contributed by atoms with van der Waals surface area (Å²) in [4.78, 5) is 31.2. The number of nitrogens with one attached hydrogen (secondary N) is 2. The number of carbonyl (C=O) groups excluding carboxylic acids is 2. The van der Waals surface area contributed by atoms with Gasteiger partial charge < -0.3 is 19.9 Å². The van der Waals surface area contributed by atoms with Gasteiger partial charge in [0.1, 0.15) is 12.3 Å². The standard InChI is InChI=1S/C26H21BrClN3O3/c1-34-18-6-2-15(3-7-18)13-29-24(32)14-31-23-11-17(28)5-8-19(23)26-21(12-25(31)33)20-10-16(27)4-9-22(20)30-26/h2-11,30H,12-14H2,1H3,(H,29,32). The van der Waals surface area contributed by atoms with Crippen molar-refractivity contribution in [3.05, 3.63) is 81.3 Å². The second kappa shape index (κ2) is 9.16. The summed E-state index contributed by atoms with van der Waals surface area (Å²) in [7, 11) is 1.61. The third kappa shape index (κ3) is 4.29. The summed E-state index contributed by atoms with van der Waals surface area (Å²) >= 11 is 9.83. The molecule has 2 amide bonds. The predicted molar refractivity (Wildman–Crippen MR) is 137 cm³/mol. The minimum Gasteiger partial charge on any atom is -0.497 e. The van der Waals surface area contributed by atoms with Gasteiger partial charge in [0.05, 0.1) is 24.9 Å². The second-order valence-corrected chi connectivity index (χ2v) is 9.46. The third-order valence-electron chi connectivity index (χ3n) is 5.97. The Morgan fingerprint density at radius 2 is 1.94 bits per heavy atom. The van der Waals surface area contributed by atoms with E-state index >= 15 is 0 Å². The molecule has 0 saturated carbocycles. The molecule has 34 heavy (non-hydrogen) atoms. The Kier molecular flexibility index (Phi) is 6.06. The fraction of sp³-hybridized carbons (Fsp3) is 0.154. The fourth-order valence-electron chi connectivity index (χ4n) is 4.27. The molecule has 3 aromatic carbocycles. The molecule has 4 aromatic rings. The molecule has 1 aliphatic rings. The molecular weight excluding hydrogens is 518 g/mol. The van der Waals surface area contributed by atoms with Gasteiger partial charge in [-0.2, -0.15) is 0 Å². The second-order valence-electron chi connectivity index (χ2n) is 8.11. The van der Waals surface area contributed by atoms with Crippen LogP contribution in [0.4, 0.5) is 5.69 Å². The molecule has 0 fully saturated rings. The molecule has 0 aliphatic carbocycles. The average Bonchev–Trinajstić information content (AvgIpc) is 3.13. The molecule has 2 N–H and O–H groups in total. The molecule has 2 heterocycles. The van der Waals surface area contributed by atoms with Crippen LogP contribution in [0, 0.1) is 0 Å². The fourth-order valence-corrected chi connectivity index (χ4v) is 4.80. The van der Waals surface area contributed by atoms with Gasteiger partial charge in [-0.05, 0) is 59.7 Å². The molecule has 0 bridgehead atoms. The minimum absolute atomic E-state index is 0.103. The van der Waals surface area contributed by atoms with Gasteiger partial charge in [0.15, 0.2) is 0 Å². The minimum atomic E-state index is -0.256. The van der Waals surface area contributed by atoms with Crippen LogP contribution in [0.25, 0.3) is 22.2 Å². The molecule has 1 aromatic heterocycles. The van der Waals surface area contributed by atoms with Gasteiger partial charge in [-0.15, -0.1) is 0 Å². The predicted octanol–water partition coefficient (Wildman–Crippen LogP) is 5.46. The number of rotatable bonds is 5. The maximum absolute atomic E-state index is 13.4. The first-order chi connectivity index (χ1) is 16.4. The Labute approximate surface area is 210 Å². The Hall–Kier alpha value is -3.29. The van der Waals surface area contributed by atoms with Crippen LogP contribution in [-0.4, -0.2) is 30.5 Å². The summed E-state index contributed by atoms with van der Waals surface area (Å²) in [6.07, 6.45) is 0.170. The number of hydrogen-bond donors (Lipinski definition) is 2. The lowest BCUT2D eigenvalue weighted by Gasteiger charge is -2.23. The number of aromatic amines is 1. The van der Waals surface area contributed by atoms with E-state index in [1.807, 2.05) is 48.5 Å². The average molecular weight is 539 g/mol. The highest BCUT2D eigenvalue weighted by Crippen LogP contribution is 2.41. The Morgan fingerprint density at radius 3 is 2.71 bits per heavy atom. The smallest absolute Gasteiger partial charge is 0.240 e. The largest absolute Gasteiger partial charge is 0.497 e. The lowest BCUT2D eigenvalue weighted by molar-refractivity contribution is -0.123. The van der Waals surface area contributed by atoms with Crippen LogP contribution in [0.15, 0.2) is 65.1 Å². The van der Waals surface area contributed by atoms with Gasteiger partial charge in [0.25, 0.3) is 0 Å². The number of nitrogens with zero attached hydrogens (tertiary/aromatic N) is 1. The molecule has 5 rings (SSSR count). The van der Waals surface area contributed by atoms with E-state index in [0.29, 0.717) is 17.3 Å². The Bertz CT molecular complexity index is 1420. The number of amides is 2. The van der Waals surface area contributed by atoms with E-state index in [9.17, 15) is 9.59 Å². The maximum atomic E-state index is 13.4. The molecule has 6 nitrogen and oxygen atoms in total. The van der Waals surface area contributed by atoms with E-state index in [-0.39, 0.29) is 24.8 Å². The zero-order chi connectivity index (χ0) is 23.8. The van der Waals surface area contributed by atoms with Crippen LogP contribution in [0.5, 0.6) is 5.75 Å². The number of halogens is 2. The molecule has 8 heteroatoms. The van der Waals surface area contributed by atoms with Gasteiger partial charge >= 0.3 is 0 Å². The van der Waals surface area contributed by atoms with Crippen molar-refractivity contribution in [1.82, 2.24) is 10.3 Å². The zero-order valence-electron chi connectivity index (χ0n) is 18.3. The Morgan fingerprint density at radius 1 is 1.15 bits per heavy atom. The summed E-state index contributed by atoms with van der Waals surface area (Å²) in [6.45, 7) is 0.249. The van der Waals surface area contributed by atoms with Crippen LogP contribution in [0.1, 0.15) is 11.1 Å². The number of methoxy groups -OCH3 is 1. The van der Waals surface area contributed by atoms with Crippen molar-refractivity contribution >= 4 is 55.9 Å². The number of hydrogen-bond acceptors (Lipinski definition) is 3. The number of anilines is 1. The molecular formula is C26H21BrClN3O3. The topological polar surface area (TPSA) is 74.4 Å². The zero-order valence-corrected chi connectivity index (χ0v) is 20.7. The van der Waals surface area contributed by atoms with Crippen LogP contribution in [0.2, 0.25) is 5.02 Å². The van der Waals surface area contributed by atoms with Crippen molar-refractivity contribution in [3.63, 3.8) is 0 Å². The molecule has 172 valence electrons. The molecule has 0 unspecified atom stereocenters. The van der Waals surface area contributed by atoms with Gasteiger partial charge in [-0.3, -0.25) is 9.59 Å². The van der Waals surface area contributed by atoms with Crippen LogP contribution in [0.3, 0.4) is 0 Å². The van der Waals surface area contributed by atoms with Crippen molar-refractivity contribution in [3.8, 4) is 17.0 Å². The number of carbonyl (C=O) groups is 2. The first-order valence-electron chi connectivity index (χ1n) is 10.7. The maximum Gasteiger partial charge on any atom is 0.240 e. The number of aromatic nitrogens is 1. The van der Waals surface area contributed by atoms with Crippen molar-refractivity contribution in [2.24, 2.45) is 0 Å². The highest BCUT2D eigenvalue weighted by molar-refractivity contribution is 9.10. The van der Waals surface area contributed by atoms with Gasteiger partial charge in [0, 0.05) is 32.5 Å². The monoisotopic (exact) mass is 537 g/mol. The quantitative estimate of drug-likeness (QED) is 0.354. The van der Waals surface area contributed by atoms with E-state index < -0.39 is 0 Å². The number of H-pyrrole nitrogens is 1. The highest BCUT2D eigenvalue weighted by atomic mass is 79.9. The molecule has 0 atom stereocenters. The van der Waals surface area contributed by atoms with Gasteiger partial charge in [-0.25, -0.2) is 0 Å². The van der Waals surface area contributed by atoms with E-state index in [1.54, 1.807) is 19.2 Å². The summed E-state index contributed by atoms with van der Waals surface area (Å²) in [6, 6.07) is 18.8. The molecule has 1 aliphatic heterocycles. The Balaban J connectivity index is 1.44. The van der Waals surface area contributed by atoms with Gasteiger partial charge in [0.2, 0.25) is 11.8 Å². The third-order valence-corrected chi connectivity index (χ3v) is 6.70. The summed E-state index contributed by atoms with van der Waals surface area (Å²) in [5, 5.41) is 4.38. The summed E-state index contributed by atoms with van der Waals surface area (Å²) in [5.41, 5.74) is 5.11. The van der Waals surface area contributed by atoms with E-state index in [1.165, 1.54) is 4.90 Å². The first-order valence-corrected chi connectivity index (χ1v) is 11.9. The van der Waals surface area contributed by atoms with E-state index in [0.717, 1.165) is 43.5 Å². The van der Waals surface area contributed by atoms with E-state index in [2.05, 4.69) is 26.2 Å². The van der Waals surface area contributed by atoms with Crippen molar-refractivity contribution < 1.29 is 14.3 Å². The molecule has 0 saturated heterocycles. The van der Waals surface area contributed by atoms with Crippen LogP contribution >= 0.6 is 27.5 Å².